The number of hydrogen-bond donors (Lipinski definition) is 0. The number of nitrogens with zero attached hydrogens (tertiary/aromatic N) is 1. The van der Waals surface area contributed by atoms with Crippen LogP contribution in [0.3, 0.4) is 0 Å². The van der Waals surface area contributed by atoms with E-state index in [0.717, 1.165) is 31.2 Å². The summed E-state index contributed by atoms with van der Waals surface area (Å²) in [5.74, 6) is -0.316. The van der Waals surface area contributed by atoms with Crippen molar-refractivity contribution in [2.45, 2.75) is 65.3 Å². The first-order chi connectivity index (χ1) is 21.3. The van der Waals surface area contributed by atoms with E-state index >= 15 is 0 Å². The Labute approximate surface area is 264 Å². The predicted octanol–water partition coefficient (Wildman–Crippen LogP) is 8.11. The smallest absolute Gasteiger partial charge is 0.337 e. The Hall–Kier alpha value is -4.15. The van der Waals surface area contributed by atoms with Crippen LogP contribution in [0.25, 0.3) is 16.9 Å². The topological polar surface area (TPSA) is 31.2 Å². The van der Waals surface area contributed by atoms with E-state index in [1.807, 2.05) is 12.1 Å². The molecule has 0 bridgehead atoms. The van der Waals surface area contributed by atoms with Gasteiger partial charge in [-0.2, -0.15) is 0 Å². The van der Waals surface area contributed by atoms with Crippen molar-refractivity contribution in [3.05, 3.63) is 132 Å². The lowest BCUT2D eigenvalue weighted by atomic mass is 9.98. The van der Waals surface area contributed by atoms with Crippen LogP contribution in [-0.2, 0) is 17.6 Å². The highest BCUT2D eigenvalue weighted by Gasteiger charge is 2.53. The van der Waals surface area contributed by atoms with E-state index in [1.54, 1.807) is 0 Å². The maximum atomic E-state index is 12.4. The summed E-state index contributed by atoms with van der Waals surface area (Å²) in [6.45, 7) is 11.9. The number of esters is 1. The van der Waals surface area contributed by atoms with Crippen molar-refractivity contribution >= 4 is 29.7 Å². The first-order valence-corrected chi connectivity index (χ1v) is 17.9. The van der Waals surface area contributed by atoms with Gasteiger partial charge in [-0.1, -0.05) is 138 Å². The number of para-hydroxylation sites is 1. The van der Waals surface area contributed by atoms with Gasteiger partial charge in [-0.3, -0.25) is 0 Å². The van der Waals surface area contributed by atoms with Crippen molar-refractivity contribution in [3.8, 4) is 16.9 Å². The van der Waals surface area contributed by atoms with Crippen molar-refractivity contribution in [1.29, 1.82) is 0 Å². The Balaban J connectivity index is 2.04. The van der Waals surface area contributed by atoms with Gasteiger partial charge in [0.15, 0.2) is 8.07 Å². The highest BCUT2D eigenvalue weighted by atomic mass is 28.3. The van der Waals surface area contributed by atoms with Crippen LogP contribution < -0.4 is 15.7 Å². The second-order valence-corrected chi connectivity index (χ2v) is 17.3. The number of hydrogen-bond acceptors (Lipinski definition) is 2. The minimum absolute atomic E-state index is 0.0709. The molecule has 5 rings (SSSR count). The maximum absolute atomic E-state index is 12.4. The molecule has 5 aromatic rings. The average Bonchev–Trinajstić information content (AvgIpc) is 3.35. The maximum Gasteiger partial charge on any atom is 0.337 e. The van der Waals surface area contributed by atoms with Gasteiger partial charge in [0.2, 0.25) is 0 Å². The van der Waals surface area contributed by atoms with Gasteiger partial charge in [-0.15, -0.1) is 0 Å². The summed E-state index contributed by atoms with van der Waals surface area (Å²) < 4.78 is 7.65. The summed E-state index contributed by atoms with van der Waals surface area (Å²) in [5, 5.41) is 4.23. The zero-order chi connectivity index (χ0) is 31.3. The third kappa shape index (κ3) is 5.48. The fourth-order valence-electron chi connectivity index (χ4n) is 7.16. The summed E-state index contributed by atoms with van der Waals surface area (Å²) in [7, 11) is -1.32. The van der Waals surface area contributed by atoms with Gasteiger partial charge < -0.3 is 9.30 Å². The molecule has 44 heavy (non-hydrogen) atoms. The lowest BCUT2D eigenvalue weighted by molar-refractivity contribution is 0.0600. The normalized spacial score (nSPS) is 11.9. The zero-order valence-electron chi connectivity index (χ0n) is 27.1. The molecule has 0 unspecified atom stereocenters. The Morgan fingerprint density at radius 3 is 1.61 bits per heavy atom. The Bertz CT molecular complexity index is 1640. The van der Waals surface area contributed by atoms with Crippen molar-refractivity contribution in [2.75, 3.05) is 7.11 Å². The molecule has 4 aromatic carbocycles. The van der Waals surface area contributed by atoms with E-state index in [1.165, 1.54) is 45.3 Å². The molecule has 0 atom stereocenters. The van der Waals surface area contributed by atoms with E-state index in [-0.39, 0.29) is 11.0 Å². The minimum Gasteiger partial charge on any atom is -0.465 e. The highest BCUT2D eigenvalue weighted by molar-refractivity contribution is 7.13. The number of carbonyl (C=O) groups is 1. The van der Waals surface area contributed by atoms with E-state index in [0.29, 0.717) is 5.56 Å². The highest BCUT2D eigenvalue weighted by Crippen LogP contribution is 2.41. The van der Waals surface area contributed by atoms with E-state index in [2.05, 4.69) is 142 Å². The van der Waals surface area contributed by atoms with Gasteiger partial charge in [0, 0.05) is 11.0 Å². The van der Waals surface area contributed by atoms with Gasteiger partial charge in [0.05, 0.1) is 18.4 Å². The molecule has 0 aliphatic carbocycles. The van der Waals surface area contributed by atoms with Crippen molar-refractivity contribution in [1.82, 2.24) is 4.57 Å². The molecule has 226 valence electrons. The van der Waals surface area contributed by atoms with Crippen LogP contribution >= 0.6 is 0 Å². The molecule has 0 radical (unpaired) electrons. The zero-order valence-corrected chi connectivity index (χ0v) is 28.1. The Morgan fingerprint density at radius 1 is 0.682 bits per heavy atom. The van der Waals surface area contributed by atoms with Crippen LogP contribution in [0.2, 0.25) is 5.04 Å². The van der Waals surface area contributed by atoms with Crippen LogP contribution in [0.4, 0.5) is 0 Å². The van der Waals surface area contributed by atoms with Gasteiger partial charge in [0.1, 0.15) is 0 Å². The molecule has 3 nitrogen and oxygen atoms in total. The molecule has 0 saturated heterocycles. The summed E-state index contributed by atoms with van der Waals surface area (Å²) >= 11 is 0. The van der Waals surface area contributed by atoms with Crippen molar-refractivity contribution < 1.29 is 9.53 Å². The van der Waals surface area contributed by atoms with E-state index in [4.69, 9.17) is 4.74 Å². The fourth-order valence-corrected chi connectivity index (χ4v) is 13.2. The molecule has 0 fully saturated rings. The molecule has 0 spiro atoms. The Kier molecular flexibility index (Phi) is 9.41. The number of benzene rings is 4. The fraction of sp³-hybridized carbons (Fsp3) is 0.275. The van der Waals surface area contributed by atoms with Crippen LogP contribution in [0.5, 0.6) is 0 Å². The van der Waals surface area contributed by atoms with Crippen LogP contribution in [-0.4, -0.2) is 25.7 Å². The summed E-state index contributed by atoms with van der Waals surface area (Å²) in [6, 6.07) is 41.5. The van der Waals surface area contributed by atoms with Crippen LogP contribution in [0, 0.1) is 0 Å². The Morgan fingerprint density at radius 2 is 1.16 bits per heavy atom. The molecule has 0 amide bonds. The molecule has 1 aromatic heterocycles. The van der Waals surface area contributed by atoms with Crippen molar-refractivity contribution in [2.24, 2.45) is 0 Å². The second-order valence-electron chi connectivity index (χ2n) is 12.6. The molecule has 0 N–H and O–H groups in total. The lowest BCUT2D eigenvalue weighted by Crippen LogP contribution is -2.74. The number of carbonyl (C=O) groups excluding carboxylic acids is 1. The average molecular weight is 600 g/mol. The largest absolute Gasteiger partial charge is 0.465 e. The second kappa shape index (κ2) is 13.2. The molecule has 0 aliphatic rings. The first kappa shape index (κ1) is 31.3. The van der Waals surface area contributed by atoms with Gasteiger partial charge >= 0.3 is 5.97 Å². The number of methoxy groups -OCH3 is 1. The SMILES string of the molecule is CCCc1c(CCC)c([Si](c2ccccc2)(c2ccccc2)C(C)(C)C)n(-c2ccccc2)c1-c1ccc(C(=O)OC)cc1. The summed E-state index contributed by atoms with van der Waals surface area (Å²) in [5.41, 5.74) is 6.99. The molecular formula is C40H45NO2Si. The van der Waals surface area contributed by atoms with Crippen LogP contribution in [0.1, 0.15) is 68.9 Å². The standard InChI is InChI=1S/C40H45NO2Si/c1-7-18-35-36(19-8-2)38(44(40(3,4)5,33-22-14-10-15-23-33)34-24-16-11-17-25-34)41(32-20-12-9-13-21-32)37(35)30-26-28-31(29-27-30)39(42)43-6/h9-17,20-29H,7-8,18-19H2,1-6H3. The summed E-state index contributed by atoms with van der Waals surface area (Å²) in [6.07, 6.45) is 4.08. The number of ether oxygens (including phenoxy) is 1. The molecule has 0 aliphatic heterocycles. The summed E-state index contributed by atoms with van der Waals surface area (Å²) in [4.78, 5) is 12.4. The molecule has 4 heteroatoms. The van der Waals surface area contributed by atoms with Gasteiger partial charge in [0.25, 0.3) is 0 Å². The number of rotatable bonds is 10. The van der Waals surface area contributed by atoms with Crippen molar-refractivity contribution in [3.63, 3.8) is 0 Å². The third-order valence-electron chi connectivity index (χ3n) is 8.87. The quantitative estimate of drug-likeness (QED) is 0.120. The number of aromatic nitrogens is 1. The predicted molar refractivity (Wildman–Crippen MR) is 188 cm³/mol. The monoisotopic (exact) mass is 599 g/mol. The molecule has 0 saturated carbocycles. The minimum atomic E-state index is -2.75. The third-order valence-corrected chi connectivity index (χ3v) is 14.8. The van der Waals surface area contributed by atoms with E-state index < -0.39 is 8.07 Å². The van der Waals surface area contributed by atoms with Crippen LogP contribution in [0.15, 0.2) is 115 Å². The lowest BCUT2D eigenvalue weighted by Gasteiger charge is -2.45. The van der Waals surface area contributed by atoms with Gasteiger partial charge in [-0.25, -0.2) is 4.79 Å². The first-order valence-electron chi connectivity index (χ1n) is 15.9. The molecule has 1 heterocycles. The van der Waals surface area contributed by atoms with Gasteiger partial charge in [-0.05, 0) is 69.2 Å². The molecular weight excluding hydrogens is 555 g/mol. The van der Waals surface area contributed by atoms with E-state index in [9.17, 15) is 4.79 Å².